The zero-order valence-corrected chi connectivity index (χ0v) is 10.6. The number of hydrogen-bond donors (Lipinski definition) is 0. The molecule has 0 aliphatic rings. The van der Waals surface area contributed by atoms with Crippen molar-refractivity contribution >= 4 is 22.4 Å². The summed E-state index contributed by atoms with van der Waals surface area (Å²) in [6.45, 7) is 0. The fourth-order valence-corrected chi connectivity index (χ4v) is 2.38. The van der Waals surface area contributed by atoms with E-state index in [4.69, 9.17) is 11.6 Å². The average molecular weight is 274 g/mol. The lowest BCUT2D eigenvalue weighted by molar-refractivity contribution is 0.626. The summed E-state index contributed by atoms with van der Waals surface area (Å²) < 4.78 is 14.6. The molecule has 0 saturated heterocycles. The smallest absolute Gasteiger partial charge is 0.264 e. The van der Waals surface area contributed by atoms with Crippen LogP contribution in [-0.4, -0.2) is 4.57 Å². The molecule has 4 heteroatoms. The van der Waals surface area contributed by atoms with Crippen molar-refractivity contribution in [2.45, 2.75) is 0 Å². The molecule has 0 bridgehead atoms. The Labute approximate surface area is 113 Å². The van der Waals surface area contributed by atoms with Crippen LogP contribution in [0.5, 0.6) is 0 Å². The third kappa shape index (κ3) is 2.02. The van der Waals surface area contributed by atoms with Crippen LogP contribution >= 0.6 is 11.6 Å². The first-order valence-electron chi connectivity index (χ1n) is 5.73. The second-order valence-electron chi connectivity index (χ2n) is 4.17. The van der Waals surface area contributed by atoms with E-state index in [0.29, 0.717) is 11.1 Å². The third-order valence-corrected chi connectivity index (χ3v) is 3.23. The van der Waals surface area contributed by atoms with E-state index < -0.39 is 5.82 Å². The molecule has 0 fully saturated rings. The molecule has 2 nitrogen and oxygen atoms in total. The topological polar surface area (TPSA) is 22.0 Å². The summed E-state index contributed by atoms with van der Waals surface area (Å²) in [5.41, 5.74) is 0.162. The molecule has 1 heterocycles. The maximum absolute atomic E-state index is 13.3. The van der Waals surface area contributed by atoms with E-state index in [1.165, 1.54) is 16.7 Å². The van der Waals surface area contributed by atoms with Crippen LogP contribution in [0, 0.1) is 5.82 Å². The number of rotatable bonds is 1. The minimum Gasteiger partial charge on any atom is -0.268 e. The van der Waals surface area contributed by atoms with Crippen molar-refractivity contribution in [3.8, 4) is 5.69 Å². The number of aromatic nitrogens is 1. The van der Waals surface area contributed by atoms with E-state index in [0.717, 1.165) is 5.39 Å². The van der Waals surface area contributed by atoms with Crippen LogP contribution in [0.15, 0.2) is 59.4 Å². The first kappa shape index (κ1) is 11.9. The number of hydrogen-bond acceptors (Lipinski definition) is 1. The summed E-state index contributed by atoms with van der Waals surface area (Å²) in [5, 5.41) is 1.58. The SMILES string of the molecule is O=c1c2ccccc2cc(Cl)n1-c1cccc(F)c1. The van der Waals surface area contributed by atoms with E-state index in [9.17, 15) is 9.18 Å². The van der Waals surface area contributed by atoms with Crippen molar-refractivity contribution in [2.24, 2.45) is 0 Å². The molecule has 1 aromatic heterocycles. The summed E-state index contributed by atoms with van der Waals surface area (Å²) in [4.78, 5) is 12.4. The normalized spacial score (nSPS) is 10.8. The van der Waals surface area contributed by atoms with Gasteiger partial charge in [-0.2, -0.15) is 0 Å². The number of pyridine rings is 1. The Morgan fingerprint density at radius 2 is 1.79 bits per heavy atom. The zero-order chi connectivity index (χ0) is 13.4. The maximum atomic E-state index is 13.3. The molecule has 0 spiro atoms. The first-order valence-corrected chi connectivity index (χ1v) is 6.11. The van der Waals surface area contributed by atoms with Gasteiger partial charge in [0.05, 0.1) is 5.69 Å². The van der Waals surface area contributed by atoms with Crippen LogP contribution in [0.3, 0.4) is 0 Å². The number of benzene rings is 2. The summed E-state index contributed by atoms with van der Waals surface area (Å²) in [6, 6.07) is 14.7. The molecule has 0 amide bonds. The lowest BCUT2D eigenvalue weighted by Gasteiger charge is -2.10. The zero-order valence-electron chi connectivity index (χ0n) is 9.81. The van der Waals surface area contributed by atoms with Crippen molar-refractivity contribution in [1.82, 2.24) is 4.57 Å². The van der Waals surface area contributed by atoms with Gasteiger partial charge in [0.15, 0.2) is 0 Å². The fraction of sp³-hybridized carbons (Fsp3) is 0. The first-order chi connectivity index (χ1) is 9.16. The minimum atomic E-state index is -0.409. The van der Waals surface area contributed by atoms with Crippen LogP contribution in [0.25, 0.3) is 16.5 Å². The molecular weight excluding hydrogens is 265 g/mol. The Hall–Kier alpha value is -2.13. The molecule has 2 aromatic carbocycles. The lowest BCUT2D eigenvalue weighted by atomic mass is 10.1. The fourth-order valence-electron chi connectivity index (χ4n) is 2.08. The van der Waals surface area contributed by atoms with Gasteiger partial charge in [0.2, 0.25) is 0 Å². The van der Waals surface area contributed by atoms with E-state index in [-0.39, 0.29) is 10.7 Å². The van der Waals surface area contributed by atoms with Crippen molar-refractivity contribution in [1.29, 1.82) is 0 Å². The van der Waals surface area contributed by atoms with Gasteiger partial charge in [-0.3, -0.25) is 9.36 Å². The van der Waals surface area contributed by atoms with Crippen LogP contribution in [0.2, 0.25) is 5.15 Å². The third-order valence-electron chi connectivity index (χ3n) is 2.95. The largest absolute Gasteiger partial charge is 0.268 e. The Kier molecular flexibility index (Phi) is 2.84. The van der Waals surface area contributed by atoms with Gasteiger partial charge in [-0.15, -0.1) is 0 Å². The Morgan fingerprint density at radius 3 is 2.58 bits per heavy atom. The molecule has 0 aliphatic heterocycles. The van der Waals surface area contributed by atoms with Gasteiger partial charge >= 0.3 is 0 Å². The highest BCUT2D eigenvalue weighted by Crippen LogP contribution is 2.19. The highest BCUT2D eigenvalue weighted by atomic mass is 35.5. The van der Waals surface area contributed by atoms with E-state index in [2.05, 4.69) is 0 Å². The predicted octanol–water partition coefficient (Wildman–Crippen LogP) is 3.78. The summed E-state index contributed by atoms with van der Waals surface area (Å²) in [7, 11) is 0. The van der Waals surface area contributed by atoms with Crippen molar-refractivity contribution in [3.05, 3.63) is 75.9 Å². The maximum Gasteiger partial charge on any atom is 0.264 e. The molecule has 3 rings (SSSR count). The highest BCUT2D eigenvalue weighted by Gasteiger charge is 2.09. The van der Waals surface area contributed by atoms with Crippen molar-refractivity contribution < 1.29 is 4.39 Å². The van der Waals surface area contributed by atoms with E-state index in [1.54, 1.807) is 30.3 Å². The minimum absolute atomic E-state index is 0.256. The second-order valence-corrected chi connectivity index (χ2v) is 4.56. The number of fused-ring (bicyclic) bond motifs is 1. The van der Waals surface area contributed by atoms with E-state index in [1.807, 2.05) is 12.1 Å². The van der Waals surface area contributed by atoms with Crippen LogP contribution in [0.4, 0.5) is 4.39 Å². The quantitative estimate of drug-likeness (QED) is 0.619. The van der Waals surface area contributed by atoms with E-state index >= 15 is 0 Å². The van der Waals surface area contributed by atoms with Gasteiger partial charge in [0.25, 0.3) is 5.56 Å². The number of nitrogens with zero attached hydrogens (tertiary/aromatic N) is 1. The molecule has 94 valence electrons. The monoisotopic (exact) mass is 273 g/mol. The van der Waals surface area contributed by atoms with Gasteiger partial charge in [-0.25, -0.2) is 4.39 Å². The Balaban J connectivity index is 2.39. The van der Waals surface area contributed by atoms with Gasteiger partial charge in [-0.1, -0.05) is 35.9 Å². The molecule has 19 heavy (non-hydrogen) atoms. The number of halogens is 2. The van der Waals surface area contributed by atoms with Crippen LogP contribution in [0.1, 0.15) is 0 Å². The van der Waals surface area contributed by atoms with Crippen LogP contribution < -0.4 is 5.56 Å². The Morgan fingerprint density at radius 1 is 1.00 bits per heavy atom. The van der Waals surface area contributed by atoms with Gasteiger partial charge in [-0.05, 0) is 35.7 Å². The average Bonchev–Trinajstić information content (AvgIpc) is 2.39. The van der Waals surface area contributed by atoms with Gasteiger partial charge < -0.3 is 0 Å². The van der Waals surface area contributed by atoms with Crippen molar-refractivity contribution in [3.63, 3.8) is 0 Å². The molecule has 0 radical (unpaired) electrons. The van der Waals surface area contributed by atoms with Gasteiger partial charge in [0, 0.05) is 5.39 Å². The van der Waals surface area contributed by atoms with Crippen LogP contribution in [-0.2, 0) is 0 Å². The molecule has 3 aromatic rings. The van der Waals surface area contributed by atoms with Gasteiger partial charge in [0.1, 0.15) is 11.0 Å². The summed E-state index contributed by atoms with van der Waals surface area (Å²) >= 11 is 6.14. The molecule has 0 aliphatic carbocycles. The predicted molar refractivity (Wildman–Crippen MR) is 74.5 cm³/mol. The Bertz CT molecular complexity index is 826. The summed E-state index contributed by atoms with van der Waals surface area (Å²) in [6.07, 6.45) is 0. The highest BCUT2D eigenvalue weighted by molar-refractivity contribution is 6.30. The second kappa shape index (κ2) is 4.52. The summed E-state index contributed by atoms with van der Waals surface area (Å²) in [5.74, 6) is -0.409. The molecule has 0 unspecified atom stereocenters. The molecule has 0 saturated carbocycles. The standard InChI is InChI=1S/C15H9ClFNO/c16-14-8-10-4-1-2-7-13(10)15(19)18(14)12-6-3-5-11(17)9-12/h1-9H. The molecule has 0 atom stereocenters. The molecule has 0 N–H and O–H groups in total. The lowest BCUT2D eigenvalue weighted by Crippen LogP contribution is -2.19. The molecular formula is C15H9ClFNO. The van der Waals surface area contributed by atoms with Crippen molar-refractivity contribution in [2.75, 3.05) is 0 Å².